The first-order chi connectivity index (χ1) is 7.27. The molecule has 0 bridgehead atoms. The number of hydrogen-bond acceptors (Lipinski definition) is 3. The second-order valence-corrected chi connectivity index (χ2v) is 3.64. The first kappa shape index (κ1) is 9.76. The minimum Gasteiger partial charge on any atom is -0.319 e. The van der Waals surface area contributed by atoms with Gasteiger partial charge in [-0.25, -0.2) is 9.67 Å². The minimum absolute atomic E-state index is 0.342. The molecule has 0 aromatic carbocycles. The highest BCUT2D eigenvalue weighted by molar-refractivity contribution is 4.96. The Bertz CT molecular complexity index is 401. The Balaban J connectivity index is 2.02. The lowest BCUT2D eigenvalue weighted by Gasteiger charge is -2.11. The SMILES string of the molecule is CC(C)n1ncnc1CNn1cccc1. The zero-order chi connectivity index (χ0) is 10.7. The third-order valence-corrected chi connectivity index (χ3v) is 2.16. The van der Waals surface area contributed by atoms with Crippen molar-refractivity contribution in [3.63, 3.8) is 0 Å². The smallest absolute Gasteiger partial charge is 0.148 e. The van der Waals surface area contributed by atoms with E-state index in [2.05, 4.69) is 29.4 Å². The van der Waals surface area contributed by atoms with Crippen molar-refractivity contribution in [1.82, 2.24) is 19.4 Å². The Hall–Kier alpha value is -1.78. The molecular formula is C10H15N5. The monoisotopic (exact) mass is 205 g/mol. The van der Waals surface area contributed by atoms with Crippen LogP contribution in [-0.4, -0.2) is 19.4 Å². The quantitative estimate of drug-likeness (QED) is 0.820. The van der Waals surface area contributed by atoms with Crippen LogP contribution in [0, 0.1) is 0 Å². The van der Waals surface area contributed by atoms with Crippen molar-refractivity contribution in [2.45, 2.75) is 26.4 Å². The van der Waals surface area contributed by atoms with Crippen LogP contribution < -0.4 is 5.43 Å². The molecular weight excluding hydrogens is 190 g/mol. The predicted octanol–water partition coefficient (Wildman–Crippen LogP) is 1.40. The van der Waals surface area contributed by atoms with Crippen molar-refractivity contribution in [2.24, 2.45) is 0 Å². The van der Waals surface area contributed by atoms with Gasteiger partial charge in [0, 0.05) is 18.4 Å². The molecule has 5 heteroatoms. The van der Waals surface area contributed by atoms with Crippen molar-refractivity contribution in [3.8, 4) is 0 Å². The summed E-state index contributed by atoms with van der Waals surface area (Å²) in [6.45, 7) is 4.86. The van der Waals surface area contributed by atoms with Gasteiger partial charge in [0.25, 0.3) is 0 Å². The molecule has 1 N–H and O–H groups in total. The van der Waals surface area contributed by atoms with Crippen molar-refractivity contribution in [3.05, 3.63) is 36.7 Å². The molecule has 0 aliphatic rings. The fourth-order valence-electron chi connectivity index (χ4n) is 1.43. The van der Waals surface area contributed by atoms with E-state index in [-0.39, 0.29) is 0 Å². The molecule has 2 rings (SSSR count). The number of nitrogens with one attached hydrogen (secondary N) is 1. The molecule has 15 heavy (non-hydrogen) atoms. The second-order valence-electron chi connectivity index (χ2n) is 3.64. The van der Waals surface area contributed by atoms with Gasteiger partial charge in [-0.05, 0) is 26.0 Å². The maximum Gasteiger partial charge on any atom is 0.148 e. The zero-order valence-electron chi connectivity index (χ0n) is 8.96. The molecule has 0 fully saturated rings. The fraction of sp³-hybridized carbons (Fsp3) is 0.400. The number of aromatic nitrogens is 4. The van der Waals surface area contributed by atoms with Crippen LogP contribution in [0.15, 0.2) is 30.9 Å². The molecule has 80 valence electrons. The normalized spacial score (nSPS) is 10.9. The van der Waals surface area contributed by atoms with Crippen LogP contribution in [0.25, 0.3) is 0 Å². The van der Waals surface area contributed by atoms with E-state index in [0.29, 0.717) is 12.6 Å². The molecule has 0 saturated heterocycles. The summed E-state index contributed by atoms with van der Waals surface area (Å²) in [4.78, 5) is 4.21. The van der Waals surface area contributed by atoms with Crippen LogP contribution in [0.5, 0.6) is 0 Å². The number of rotatable bonds is 4. The lowest BCUT2D eigenvalue weighted by molar-refractivity contribution is 0.505. The van der Waals surface area contributed by atoms with E-state index in [9.17, 15) is 0 Å². The van der Waals surface area contributed by atoms with Gasteiger partial charge in [-0.15, -0.1) is 0 Å². The zero-order valence-corrected chi connectivity index (χ0v) is 8.96. The van der Waals surface area contributed by atoms with E-state index in [0.717, 1.165) is 5.82 Å². The topological polar surface area (TPSA) is 47.7 Å². The summed E-state index contributed by atoms with van der Waals surface area (Å²) in [6, 6.07) is 4.29. The van der Waals surface area contributed by atoms with Gasteiger partial charge in [0.05, 0.1) is 6.54 Å². The Labute approximate surface area is 88.7 Å². The lowest BCUT2D eigenvalue weighted by Crippen LogP contribution is -2.17. The Morgan fingerprint density at radius 2 is 2.07 bits per heavy atom. The first-order valence-electron chi connectivity index (χ1n) is 5.02. The highest BCUT2D eigenvalue weighted by Gasteiger charge is 2.06. The number of nitrogens with zero attached hydrogens (tertiary/aromatic N) is 4. The summed E-state index contributed by atoms with van der Waals surface area (Å²) in [6.07, 6.45) is 5.50. The average molecular weight is 205 g/mol. The predicted molar refractivity (Wildman–Crippen MR) is 57.9 cm³/mol. The van der Waals surface area contributed by atoms with Crippen LogP contribution in [0.1, 0.15) is 25.7 Å². The third-order valence-electron chi connectivity index (χ3n) is 2.16. The van der Waals surface area contributed by atoms with Gasteiger partial charge in [0.2, 0.25) is 0 Å². The largest absolute Gasteiger partial charge is 0.319 e. The maximum atomic E-state index is 4.21. The third kappa shape index (κ3) is 2.18. The van der Waals surface area contributed by atoms with Gasteiger partial charge in [-0.2, -0.15) is 5.10 Å². The van der Waals surface area contributed by atoms with E-state index in [1.807, 2.05) is 33.9 Å². The first-order valence-corrected chi connectivity index (χ1v) is 5.02. The van der Waals surface area contributed by atoms with E-state index >= 15 is 0 Å². The van der Waals surface area contributed by atoms with Crippen LogP contribution in [0.3, 0.4) is 0 Å². The molecule has 0 aliphatic carbocycles. The number of hydrogen-bond donors (Lipinski definition) is 1. The summed E-state index contributed by atoms with van der Waals surface area (Å²) in [5, 5.41) is 4.17. The molecule has 0 amide bonds. The van der Waals surface area contributed by atoms with Gasteiger partial charge >= 0.3 is 0 Å². The van der Waals surface area contributed by atoms with Gasteiger partial charge in [0.1, 0.15) is 12.2 Å². The Morgan fingerprint density at radius 3 is 2.73 bits per heavy atom. The fourth-order valence-corrected chi connectivity index (χ4v) is 1.43. The van der Waals surface area contributed by atoms with E-state index in [4.69, 9.17) is 0 Å². The molecule has 0 atom stereocenters. The van der Waals surface area contributed by atoms with Crippen LogP contribution in [-0.2, 0) is 6.54 Å². The lowest BCUT2D eigenvalue weighted by atomic mass is 10.4. The highest BCUT2D eigenvalue weighted by atomic mass is 15.4. The van der Waals surface area contributed by atoms with Gasteiger partial charge < -0.3 is 5.43 Å². The van der Waals surface area contributed by atoms with E-state index < -0.39 is 0 Å². The summed E-state index contributed by atoms with van der Waals surface area (Å²) in [5.74, 6) is 0.943. The molecule has 0 spiro atoms. The molecule has 5 nitrogen and oxygen atoms in total. The van der Waals surface area contributed by atoms with Crippen LogP contribution >= 0.6 is 0 Å². The second kappa shape index (κ2) is 4.16. The molecule has 2 heterocycles. The summed E-state index contributed by atoms with van der Waals surface area (Å²) in [5.41, 5.74) is 3.22. The van der Waals surface area contributed by atoms with Crippen LogP contribution in [0.4, 0.5) is 0 Å². The molecule has 0 saturated carbocycles. The summed E-state index contributed by atoms with van der Waals surface area (Å²) < 4.78 is 3.82. The molecule has 2 aromatic heterocycles. The van der Waals surface area contributed by atoms with Crippen molar-refractivity contribution < 1.29 is 0 Å². The highest BCUT2D eigenvalue weighted by Crippen LogP contribution is 2.04. The molecule has 0 unspecified atom stereocenters. The van der Waals surface area contributed by atoms with Crippen molar-refractivity contribution in [1.29, 1.82) is 0 Å². The summed E-state index contributed by atoms with van der Waals surface area (Å²) in [7, 11) is 0. The molecule has 0 aliphatic heterocycles. The average Bonchev–Trinajstić information content (AvgIpc) is 2.86. The van der Waals surface area contributed by atoms with E-state index in [1.165, 1.54) is 0 Å². The standard InChI is InChI=1S/C10H15N5/c1-9(2)15-10(11-8-13-15)7-12-14-5-3-4-6-14/h3-6,8-9,12H,7H2,1-2H3. The molecule has 2 aromatic rings. The summed E-state index contributed by atoms with van der Waals surface area (Å²) >= 11 is 0. The van der Waals surface area contributed by atoms with Gasteiger partial charge in [-0.3, -0.25) is 4.68 Å². The Morgan fingerprint density at radius 1 is 1.33 bits per heavy atom. The van der Waals surface area contributed by atoms with Crippen molar-refractivity contribution in [2.75, 3.05) is 5.43 Å². The maximum absolute atomic E-state index is 4.21. The van der Waals surface area contributed by atoms with Crippen molar-refractivity contribution >= 4 is 0 Å². The Kier molecular flexibility index (Phi) is 2.71. The van der Waals surface area contributed by atoms with Gasteiger partial charge in [-0.1, -0.05) is 0 Å². The van der Waals surface area contributed by atoms with E-state index in [1.54, 1.807) is 6.33 Å². The molecule has 0 radical (unpaired) electrons. The van der Waals surface area contributed by atoms with Gasteiger partial charge in [0.15, 0.2) is 0 Å². The van der Waals surface area contributed by atoms with Crippen LogP contribution in [0.2, 0.25) is 0 Å². The minimum atomic E-state index is 0.342.